The lowest BCUT2D eigenvalue weighted by Gasteiger charge is -2.17. The van der Waals surface area contributed by atoms with Crippen molar-refractivity contribution in [3.05, 3.63) is 101 Å². The minimum Gasteiger partial charge on any atom is -0.419 e. The number of halogens is 5. The second-order valence-corrected chi connectivity index (χ2v) is 5.57. The molecule has 3 aromatic rings. The van der Waals surface area contributed by atoms with E-state index in [2.05, 4.69) is 4.74 Å². The van der Waals surface area contributed by atoms with Crippen LogP contribution in [0.4, 0.5) is 22.0 Å². The van der Waals surface area contributed by atoms with E-state index in [1.807, 2.05) is 0 Å². The van der Waals surface area contributed by atoms with Crippen molar-refractivity contribution in [2.45, 2.75) is 5.92 Å². The second kappa shape index (κ2) is 7.57. The summed E-state index contributed by atoms with van der Waals surface area (Å²) in [6.45, 7) is 0. The molecule has 0 spiro atoms. The standard InChI is InChI=1S/C20H11F5O2/c21-14-15(22)17(24)19(18(25)16(14)23)27-20(26)13(11-7-3-1-4-8-11)12-9-5-2-6-10-12/h1-10,13H. The molecule has 0 bridgehead atoms. The van der Waals surface area contributed by atoms with Crippen LogP contribution in [0.1, 0.15) is 17.0 Å². The van der Waals surface area contributed by atoms with Crippen molar-refractivity contribution in [2.24, 2.45) is 0 Å². The third-order valence-corrected chi connectivity index (χ3v) is 3.87. The van der Waals surface area contributed by atoms with Gasteiger partial charge in [-0.1, -0.05) is 60.7 Å². The molecule has 0 heterocycles. The molecular formula is C20H11F5O2. The number of hydrogen-bond acceptors (Lipinski definition) is 2. The maximum Gasteiger partial charge on any atom is 0.323 e. The molecule has 0 fully saturated rings. The highest BCUT2D eigenvalue weighted by molar-refractivity contribution is 5.84. The number of benzene rings is 3. The summed E-state index contributed by atoms with van der Waals surface area (Å²) in [7, 11) is 0. The third kappa shape index (κ3) is 3.53. The monoisotopic (exact) mass is 378 g/mol. The van der Waals surface area contributed by atoms with Gasteiger partial charge in [-0.05, 0) is 11.1 Å². The molecule has 0 radical (unpaired) electrons. The van der Waals surface area contributed by atoms with Crippen molar-refractivity contribution in [1.82, 2.24) is 0 Å². The van der Waals surface area contributed by atoms with Crippen LogP contribution >= 0.6 is 0 Å². The summed E-state index contributed by atoms with van der Waals surface area (Å²) in [6.07, 6.45) is 0. The lowest BCUT2D eigenvalue weighted by Crippen LogP contribution is -2.22. The van der Waals surface area contributed by atoms with Crippen LogP contribution < -0.4 is 4.74 Å². The van der Waals surface area contributed by atoms with Crippen LogP contribution in [0.5, 0.6) is 5.75 Å². The lowest BCUT2D eigenvalue weighted by molar-refractivity contribution is -0.135. The van der Waals surface area contributed by atoms with Crippen molar-refractivity contribution < 1.29 is 31.5 Å². The quantitative estimate of drug-likeness (QED) is 0.207. The summed E-state index contributed by atoms with van der Waals surface area (Å²) < 4.78 is 72.1. The van der Waals surface area contributed by atoms with E-state index in [1.54, 1.807) is 60.7 Å². The Morgan fingerprint density at radius 3 is 1.41 bits per heavy atom. The lowest BCUT2D eigenvalue weighted by atomic mass is 9.91. The molecule has 138 valence electrons. The molecule has 7 heteroatoms. The Hall–Kier alpha value is -3.22. The van der Waals surface area contributed by atoms with Gasteiger partial charge in [-0.3, -0.25) is 4.79 Å². The molecule has 0 saturated heterocycles. The van der Waals surface area contributed by atoms with E-state index in [1.165, 1.54) is 0 Å². The van der Waals surface area contributed by atoms with Crippen LogP contribution in [0.2, 0.25) is 0 Å². The summed E-state index contributed by atoms with van der Waals surface area (Å²) in [5.74, 6) is -15.1. The molecular weight excluding hydrogens is 367 g/mol. The average molecular weight is 378 g/mol. The summed E-state index contributed by atoms with van der Waals surface area (Å²) in [5, 5.41) is 0. The Kier molecular flexibility index (Phi) is 5.21. The molecule has 0 amide bonds. The molecule has 3 aromatic carbocycles. The summed E-state index contributed by atoms with van der Waals surface area (Å²) in [5.41, 5.74) is 0.857. The van der Waals surface area contributed by atoms with Gasteiger partial charge in [-0.25, -0.2) is 13.2 Å². The van der Waals surface area contributed by atoms with Crippen LogP contribution in [-0.2, 0) is 4.79 Å². The van der Waals surface area contributed by atoms with Crippen LogP contribution in [0.3, 0.4) is 0 Å². The molecule has 0 aromatic heterocycles. The van der Waals surface area contributed by atoms with E-state index in [0.717, 1.165) is 0 Å². The molecule has 2 nitrogen and oxygen atoms in total. The van der Waals surface area contributed by atoms with Crippen LogP contribution in [-0.4, -0.2) is 5.97 Å². The first-order valence-corrected chi connectivity index (χ1v) is 7.74. The smallest absolute Gasteiger partial charge is 0.323 e. The summed E-state index contributed by atoms with van der Waals surface area (Å²) in [4.78, 5) is 12.6. The normalized spacial score (nSPS) is 10.9. The van der Waals surface area contributed by atoms with Crippen LogP contribution in [0.25, 0.3) is 0 Å². The number of ether oxygens (including phenoxy) is 1. The van der Waals surface area contributed by atoms with Gasteiger partial charge in [0.05, 0.1) is 0 Å². The zero-order valence-corrected chi connectivity index (χ0v) is 13.6. The zero-order valence-electron chi connectivity index (χ0n) is 13.6. The number of carbonyl (C=O) groups is 1. The zero-order chi connectivity index (χ0) is 19.6. The van der Waals surface area contributed by atoms with Gasteiger partial charge < -0.3 is 4.74 Å². The van der Waals surface area contributed by atoms with Gasteiger partial charge in [0.25, 0.3) is 0 Å². The molecule has 0 atom stereocenters. The maximum atomic E-state index is 13.8. The predicted octanol–water partition coefficient (Wildman–Crippen LogP) is 5.12. The van der Waals surface area contributed by atoms with E-state index in [4.69, 9.17) is 0 Å². The molecule has 0 aliphatic rings. The maximum absolute atomic E-state index is 13.8. The first-order chi connectivity index (χ1) is 12.9. The molecule has 27 heavy (non-hydrogen) atoms. The number of rotatable bonds is 4. The Morgan fingerprint density at radius 1 is 0.630 bits per heavy atom. The molecule has 0 aliphatic heterocycles. The van der Waals surface area contributed by atoms with Crippen LogP contribution in [0, 0.1) is 29.1 Å². The summed E-state index contributed by atoms with van der Waals surface area (Å²) >= 11 is 0. The molecule has 0 aliphatic carbocycles. The van der Waals surface area contributed by atoms with E-state index in [0.29, 0.717) is 11.1 Å². The molecule has 0 N–H and O–H groups in total. The Balaban J connectivity index is 2.05. The van der Waals surface area contributed by atoms with E-state index in [9.17, 15) is 26.7 Å². The van der Waals surface area contributed by atoms with Gasteiger partial charge in [-0.15, -0.1) is 0 Å². The van der Waals surface area contributed by atoms with Crippen molar-refractivity contribution in [1.29, 1.82) is 0 Å². The molecule has 3 rings (SSSR count). The van der Waals surface area contributed by atoms with Crippen LogP contribution in [0.15, 0.2) is 60.7 Å². The average Bonchev–Trinajstić information content (AvgIpc) is 2.70. The van der Waals surface area contributed by atoms with E-state index < -0.39 is 46.7 Å². The van der Waals surface area contributed by atoms with Crippen molar-refractivity contribution in [2.75, 3.05) is 0 Å². The topological polar surface area (TPSA) is 26.3 Å². The van der Waals surface area contributed by atoms with Gasteiger partial charge in [-0.2, -0.15) is 8.78 Å². The Labute approximate surface area is 150 Å². The highest BCUT2D eigenvalue weighted by Gasteiger charge is 2.31. The number of esters is 1. The predicted molar refractivity (Wildman–Crippen MR) is 86.6 cm³/mol. The fourth-order valence-corrected chi connectivity index (χ4v) is 2.59. The fraction of sp³-hybridized carbons (Fsp3) is 0.0500. The highest BCUT2D eigenvalue weighted by Crippen LogP contribution is 2.32. The minimum absolute atomic E-state index is 0.428. The van der Waals surface area contributed by atoms with E-state index >= 15 is 0 Å². The Bertz CT molecular complexity index is 906. The van der Waals surface area contributed by atoms with Gasteiger partial charge in [0, 0.05) is 0 Å². The van der Waals surface area contributed by atoms with Crippen molar-refractivity contribution in [3.8, 4) is 5.75 Å². The van der Waals surface area contributed by atoms with E-state index in [-0.39, 0.29) is 0 Å². The SMILES string of the molecule is O=C(Oc1c(F)c(F)c(F)c(F)c1F)C(c1ccccc1)c1ccccc1. The molecule has 0 saturated carbocycles. The number of hydrogen-bond donors (Lipinski definition) is 0. The first-order valence-electron chi connectivity index (χ1n) is 7.74. The van der Waals surface area contributed by atoms with Crippen molar-refractivity contribution in [3.63, 3.8) is 0 Å². The minimum atomic E-state index is -2.33. The van der Waals surface area contributed by atoms with Gasteiger partial charge >= 0.3 is 5.97 Å². The fourth-order valence-electron chi connectivity index (χ4n) is 2.59. The molecule has 0 unspecified atom stereocenters. The Morgan fingerprint density at radius 2 is 1.00 bits per heavy atom. The van der Waals surface area contributed by atoms with Gasteiger partial charge in [0.15, 0.2) is 0 Å². The second-order valence-electron chi connectivity index (χ2n) is 5.57. The summed E-state index contributed by atoms with van der Waals surface area (Å²) in [6, 6.07) is 16.3. The van der Waals surface area contributed by atoms with Gasteiger partial charge in [0.2, 0.25) is 34.8 Å². The largest absolute Gasteiger partial charge is 0.419 e. The third-order valence-electron chi connectivity index (χ3n) is 3.87. The van der Waals surface area contributed by atoms with Gasteiger partial charge in [0.1, 0.15) is 5.92 Å². The highest BCUT2D eigenvalue weighted by atomic mass is 19.2. The number of carbonyl (C=O) groups excluding carboxylic acids is 1. The van der Waals surface area contributed by atoms with Crippen molar-refractivity contribution >= 4 is 5.97 Å². The first kappa shape index (κ1) is 18.6.